The molecule has 3 heterocycles. The van der Waals surface area contributed by atoms with Crippen molar-refractivity contribution < 1.29 is 14.4 Å². The molecular formula is C17H27N3O3. The monoisotopic (exact) mass is 321 g/mol. The first-order valence-electron chi connectivity index (χ1n) is 8.85. The highest BCUT2D eigenvalue weighted by Gasteiger charge is 2.35. The van der Waals surface area contributed by atoms with Crippen molar-refractivity contribution in [2.75, 3.05) is 39.3 Å². The summed E-state index contributed by atoms with van der Waals surface area (Å²) in [6, 6.07) is 0. The molecule has 0 aromatic carbocycles. The number of carbonyl (C=O) groups is 3. The van der Waals surface area contributed by atoms with Gasteiger partial charge in [0.1, 0.15) is 0 Å². The van der Waals surface area contributed by atoms with Crippen molar-refractivity contribution in [1.29, 1.82) is 0 Å². The number of rotatable bonds is 3. The molecule has 3 aliphatic heterocycles. The molecule has 3 aliphatic rings. The Kier molecular flexibility index (Phi) is 4.87. The smallest absolute Gasteiger partial charge is 0.242 e. The van der Waals surface area contributed by atoms with Crippen molar-refractivity contribution in [2.45, 2.75) is 39.0 Å². The lowest BCUT2D eigenvalue weighted by molar-refractivity contribution is -0.137. The fourth-order valence-corrected chi connectivity index (χ4v) is 4.22. The van der Waals surface area contributed by atoms with Crippen LogP contribution in [0.2, 0.25) is 0 Å². The number of carbonyl (C=O) groups excluding carboxylic acids is 3. The van der Waals surface area contributed by atoms with Gasteiger partial charge in [-0.3, -0.25) is 14.4 Å². The summed E-state index contributed by atoms with van der Waals surface area (Å²) in [4.78, 5) is 41.0. The van der Waals surface area contributed by atoms with E-state index in [9.17, 15) is 14.4 Å². The lowest BCUT2D eigenvalue weighted by Crippen LogP contribution is -2.41. The molecule has 23 heavy (non-hydrogen) atoms. The van der Waals surface area contributed by atoms with Gasteiger partial charge < -0.3 is 14.7 Å². The van der Waals surface area contributed by atoms with Crippen molar-refractivity contribution in [3.05, 3.63) is 0 Å². The van der Waals surface area contributed by atoms with E-state index in [1.165, 1.54) is 0 Å². The molecule has 0 radical (unpaired) electrons. The van der Waals surface area contributed by atoms with Crippen LogP contribution in [0.25, 0.3) is 0 Å². The Morgan fingerprint density at radius 3 is 2.26 bits per heavy atom. The molecule has 0 bridgehead atoms. The summed E-state index contributed by atoms with van der Waals surface area (Å²) in [5, 5.41) is 0. The molecule has 0 aliphatic carbocycles. The standard InChI is InChI=1S/C17H27N3O3/c1-13(21)18-8-4-14(5-9-18)15-6-10-20(11-15)17(23)12-19-7-2-3-16(19)22/h14-15H,2-12H2,1H3. The van der Waals surface area contributed by atoms with E-state index in [0.717, 1.165) is 58.4 Å². The highest BCUT2D eigenvalue weighted by atomic mass is 16.2. The maximum atomic E-state index is 12.4. The van der Waals surface area contributed by atoms with E-state index in [1.54, 1.807) is 11.8 Å². The summed E-state index contributed by atoms with van der Waals surface area (Å²) in [5.74, 6) is 1.57. The van der Waals surface area contributed by atoms with Gasteiger partial charge in [-0.2, -0.15) is 0 Å². The first-order valence-corrected chi connectivity index (χ1v) is 8.85. The molecule has 3 saturated heterocycles. The Balaban J connectivity index is 1.46. The molecule has 6 nitrogen and oxygen atoms in total. The molecule has 3 fully saturated rings. The van der Waals surface area contributed by atoms with E-state index < -0.39 is 0 Å². The van der Waals surface area contributed by atoms with Gasteiger partial charge in [0.2, 0.25) is 17.7 Å². The third kappa shape index (κ3) is 3.67. The number of hydrogen-bond acceptors (Lipinski definition) is 3. The highest BCUT2D eigenvalue weighted by Crippen LogP contribution is 2.32. The summed E-state index contributed by atoms with van der Waals surface area (Å²) in [6.07, 6.45) is 4.63. The van der Waals surface area contributed by atoms with E-state index in [2.05, 4.69) is 0 Å². The average Bonchev–Trinajstić information content (AvgIpc) is 3.17. The maximum Gasteiger partial charge on any atom is 0.242 e. The Bertz CT molecular complexity index is 485. The third-order valence-electron chi connectivity index (χ3n) is 5.73. The SMILES string of the molecule is CC(=O)N1CCC(C2CCN(C(=O)CN3CCCC3=O)C2)CC1. The first kappa shape index (κ1) is 16.3. The Hall–Kier alpha value is -1.59. The summed E-state index contributed by atoms with van der Waals surface area (Å²) in [7, 11) is 0. The number of piperidine rings is 1. The third-order valence-corrected chi connectivity index (χ3v) is 5.73. The Labute approximate surface area is 137 Å². The molecule has 6 heteroatoms. The zero-order chi connectivity index (χ0) is 16.4. The lowest BCUT2D eigenvalue weighted by atomic mass is 9.84. The second kappa shape index (κ2) is 6.89. The molecule has 128 valence electrons. The molecule has 1 atom stereocenters. The van der Waals surface area contributed by atoms with Crippen LogP contribution in [0.15, 0.2) is 0 Å². The quantitative estimate of drug-likeness (QED) is 0.769. The van der Waals surface area contributed by atoms with Crippen LogP contribution in [0, 0.1) is 11.8 Å². The predicted octanol–water partition coefficient (Wildman–Crippen LogP) is 0.716. The van der Waals surface area contributed by atoms with Gasteiger partial charge in [0.25, 0.3) is 0 Å². The van der Waals surface area contributed by atoms with Crippen LogP contribution in [-0.2, 0) is 14.4 Å². The van der Waals surface area contributed by atoms with Crippen molar-refractivity contribution in [2.24, 2.45) is 11.8 Å². The normalized spacial score (nSPS) is 26.2. The van der Waals surface area contributed by atoms with Gasteiger partial charge in [0.15, 0.2) is 0 Å². The van der Waals surface area contributed by atoms with Gasteiger partial charge in [0.05, 0.1) is 6.54 Å². The van der Waals surface area contributed by atoms with E-state index in [0.29, 0.717) is 18.3 Å². The van der Waals surface area contributed by atoms with Crippen molar-refractivity contribution in [1.82, 2.24) is 14.7 Å². The predicted molar refractivity (Wildman–Crippen MR) is 85.5 cm³/mol. The van der Waals surface area contributed by atoms with E-state index in [1.807, 2.05) is 9.80 Å². The Morgan fingerprint density at radius 2 is 1.65 bits per heavy atom. The van der Waals surface area contributed by atoms with E-state index in [-0.39, 0.29) is 24.3 Å². The van der Waals surface area contributed by atoms with Gasteiger partial charge in [-0.05, 0) is 37.5 Å². The van der Waals surface area contributed by atoms with Crippen molar-refractivity contribution in [3.8, 4) is 0 Å². The zero-order valence-electron chi connectivity index (χ0n) is 14.0. The van der Waals surface area contributed by atoms with Gasteiger partial charge in [-0.15, -0.1) is 0 Å². The summed E-state index contributed by atoms with van der Waals surface area (Å²) in [6.45, 7) is 5.97. The van der Waals surface area contributed by atoms with E-state index in [4.69, 9.17) is 0 Å². The van der Waals surface area contributed by atoms with Crippen LogP contribution in [0.4, 0.5) is 0 Å². The van der Waals surface area contributed by atoms with Crippen LogP contribution in [-0.4, -0.2) is 71.7 Å². The summed E-state index contributed by atoms with van der Waals surface area (Å²) >= 11 is 0. The minimum atomic E-state index is 0.101. The first-order chi connectivity index (χ1) is 11.0. The van der Waals surface area contributed by atoms with Crippen LogP contribution in [0.5, 0.6) is 0 Å². The van der Waals surface area contributed by atoms with Crippen LogP contribution in [0.3, 0.4) is 0 Å². The van der Waals surface area contributed by atoms with Crippen LogP contribution in [0.1, 0.15) is 39.0 Å². The van der Waals surface area contributed by atoms with Crippen LogP contribution < -0.4 is 0 Å². The second-order valence-corrected chi connectivity index (χ2v) is 7.15. The topological polar surface area (TPSA) is 60.9 Å². The van der Waals surface area contributed by atoms with Gasteiger partial charge in [0, 0.05) is 46.1 Å². The van der Waals surface area contributed by atoms with Gasteiger partial charge in [-0.1, -0.05) is 0 Å². The molecule has 0 spiro atoms. The minimum Gasteiger partial charge on any atom is -0.343 e. The fourth-order valence-electron chi connectivity index (χ4n) is 4.22. The maximum absolute atomic E-state index is 12.4. The molecule has 0 aromatic heterocycles. The number of amides is 3. The molecule has 0 aromatic rings. The van der Waals surface area contributed by atoms with Crippen LogP contribution >= 0.6 is 0 Å². The highest BCUT2D eigenvalue weighted by molar-refractivity contribution is 5.86. The second-order valence-electron chi connectivity index (χ2n) is 7.15. The summed E-state index contributed by atoms with van der Waals surface area (Å²) < 4.78 is 0. The number of likely N-dealkylation sites (tertiary alicyclic amines) is 3. The molecule has 1 unspecified atom stereocenters. The molecule has 0 N–H and O–H groups in total. The van der Waals surface area contributed by atoms with Gasteiger partial charge >= 0.3 is 0 Å². The number of hydrogen-bond donors (Lipinski definition) is 0. The number of nitrogens with zero attached hydrogens (tertiary/aromatic N) is 3. The van der Waals surface area contributed by atoms with Crippen molar-refractivity contribution in [3.63, 3.8) is 0 Å². The Morgan fingerprint density at radius 1 is 1.00 bits per heavy atom. The molecular weight excluding hydrogens is 294 g/mol. The zero-order valence-corrected chi connectivity index (χ0v) is 14.0. The van der Waals surface area contributed by atoms with E-state index >= 15 is 0 Å². The molecule has 3 rings (SSSR count). The van der Waals surface area contributed by atoms with Crippen molar-refractivity contribution >= 4 is 17.7 Å². The minimum absolute atomic E-state index is 0.101. The average molecular weight is 321 g/mol. The van der Waals surface area contributed by atoms with Gasteiger partial charge in [-0.25, -0.2) is 0 Å². The molecule has 0 saturated carbocycles. The lowest BCUT2D eigenvalue weighted by Gasteiger charge is -2.34. The molecule has 3 amide bonds. The largest absolute Gasteiger partial charge is 0.343 e. The fraction of sp³-hybridized carbons (Fsp3) is 0.824. The summed E-state index contributed by atoms with van der Waals surface area (Å²) in [5.41, 5.74) is 0.